The second-order valence-electron chi connectivity index (χ2n) is 6.55. The molecule has 1 heterocycles. The maximum atomic E-state index is 10.1. The number of rotatable bonds is 7. The highest BCUT2D eigenvalue weighted by molar-refractivity contribution is 5.67. The van der Waals surface area contributed by atoms with Gasteiger partial charge in [0.2, 0.25) is 0 Å². The molecule has 0 radical (unpaired) electrons. The first-order valence-electron chi connectivity index (χ1n) is 7.84. The summed E-state index contributed by atoms with van der Waals surface area (Å²) in [6.45, 7) is 6.70. The third kappa shape index (κ3) is 5.45. The predicted molar refractivity (Wildman–Crippen MR) is 94.5 cm³/mol. The Labute approximate surface area is 142 Å². The lowest BCUT2D eigenvalue weighted by Gasteiger charge is -2.23. The smallest absolute Gasteiger partial charge is 0.166 e. The van der Waals surface area contributed by atoms with Gasteiger partial charge in [-0.3, -0.25) is 0 Å². The Balaban J connectivity index is 2.10. The fourth-order valence-corrected chi connectivity index (χ4v) is 2.02. The van der Waals surface area contributed by atoms with Gasteiger partial charge >= 0.3 is 0 Å². The van der Waals surface area contributed by atoms with Crippen LogP contribution in [0.25, 0.3) is 11.3 Å². The van der Waals surface area contributed by atoms with E-state index in [0.29, 0.717) is 23.8 Å². The Morgan fingerprint density at radius 2 is 1.92 bits per heavy atom. The van der Waals surface area contributed by atoms with Crippen molar-refractivity contribution in [3.63, 3.8) is 0 Å². The zero-order valence-electron chi connectivity index (χ0n) is 14.3. The number of hydrazine groups is 1. The first kappa shape index (κ1) is 18.1. The summed E-state index contributed by atoms with van der Waals surface area (Å²) in [6.07, 6.45) is -0.643. The number of nitrogens with zero attached hydrogens (tertiary/aromatic N) is 2. The molecule has 0 saturated heterocycles. The second-order valence-corrected chi connectivity index (χ2v) is 6.55. The number of nitrogens with one attached hydrogen (secondary N) is 2. The normalized spacial score (nSPS) is 12.7. The maximum Gasteiger partial charge on any atom is 0.166 e. The van der Waals surface area contributed by atoms with Gasteiger partial charge in [-0.25, -0.2) is 5.84 Å². The van der Waals surface area contributed by atoms with Gasteiger partial charge in [-0.15, -0.1) is 10.2 Å². The van der Waals surface area contributed by atoms with Crippen LogP contribution >= 0.6 is 0 Å². The van der Waals surface area contributed by atoms with E-state index < -0.39 is 6.10 Å². The van der Waals surface area contributed by atoms with Crippen molar-refractivity contribution in [1.82, 2.24) is 15.5 Å². The Bertz CT molecular complexity index is 643. The molecule has 1 aromatic carbocycles. The number of aromatic nitrogens is 2. The highest BCUT2D eigenvalue weighted by Gasteiger charge is 2.15. The fraction of sp³-hybridized carbons (Fsp3) is 0.412. The number of aliphatic hydroxyl groups excluding tert-OH is 1. The summed E-state index contributed by atoms with van der Waals surface area (Å²) in [4.78, 5) is 0. The summed E-state index contributed by atoms with van der Waals surface area (Å²) in [7, 11) is 0. The van der Waals surface area contributed by atoms with Crippen LogP contribution in [0.4, 0.5) is 5.82 Å². The van der Waals surface area contributed by atoms with Gasteiger partial charge in [0.15, 0.2) is 11.6 Å². The average Bonchev–Trinajstić information content (AvgIpc) is 2.58. The van der Waals surface area contributed by atoms with E-state index in [1.54, 1.807) is 6.07 Å². The standard InChI is InChI=1S/C17H25N5O2/c1-17(2,3)19-10-13(23)11-24-14-9-15(20-18)21-22-16(14)12-7-5-4-6-8-12/h4-9,13,19,23H,10-11,18H2,1-3H3,(H,20,21). The molecular formula is C17H25N5O2. The quantitative estimate of drug-likeness (QED) is 0.451. The minimum absolute atomic E-state index is 0.0644. The van der Waals surface area contributed by atoms with Gasteiger partial charge in [0.25, 0.3) is 0 Å². The van der Waals surface area contributed by atoms with Crippen molar-refractivity contribution in [2.45, 2.75) is 32.4 Å². The molecule has 130 valence electrons. The molecule has 1 unspecified atom stereocenters. The molecule has 1 atom stereocenters. The Kier molecular flexibility index (Phi) is 6.08. The van der Waals surface area contributed by atoms with E-state index in [1.807, 2.05) is 51.1 Å². The van der Waals surface area contributed by atoms with Crippen LogP contribution in [-0.2, 0) is 0 Å². The molecule has 0 aliphatic heterocycles. The molecule has 0 amide bonds. The van der Waals surface area contributed by atoms with Crippen molar-refractivity contribution < 1.29 is 9.84 Å². The van der Waals surface area contributed by atoms with E-state index in [4.69, 9.17) is 10.6 Å². The van der Waals surface area contributed by atoms with Gasteiger partial charge < -0.3 is 20.6 Å². The monoisotopic (exact) mass is 331 g/mol. The number of nitrogens with two attached hydrogens (primary N) is 1. The van der Waals surface area contributed by atoms with Crippen molar-refractivity contribution in [3.05, 3.63) is 36.4 Å². The van der Waals surface area contributed by atoms with E-state index in [0.717, 1.165) is 5.56 Å². The zero-order chi connectivity index (χ0) is 17.6. The highest BCUT2D eigenvalue weighted by atomic mass is 16.5. The molecule has 7 heteroatoms. The molecule has 7 nitrogen and oxygen atoms in total. The second kappa shape index (κ2) is 8.05. The van der Waals surface area contributed by atoms with Crippen LogP contribution in [0.2, 0.25) is 0 Å². The first-order valence-corrected chi connectivity index (χ1v) is 7.84. The Morgan fingerprint density at radius 3 is 2.54 bits per heavy atom. The zero-order valence-corrected chi connectivity index (χ0v) is 14.3. The van der Waals surface area contributed by atoms with Crippen molar-refractivity contribution in [1.29, 1.82) is 0 Å². The number of hydrogen-bond donors (Lipinski definition) is 4. The van der Waals surface area contributed by atoms with Crippen LogP contribution in [0.15, 0.2) is 36.4 Å². The van der Waals surface area contributed by atoms with Gasteiger partial charge in [-0.1, -0.05) is 30.3 Å². The highest BCUT2D eigenvalue weighted by Crippen LogP contribution is 2.28. The molecule has 0 aliphatic carbocycles. The van der Waals surface area contributed by atoms with Crippen LogP contribution in [0.5, 0.6) is 5.75 Å². The average molecular weight is 331 g/mol. The Hall–Kier alpha value is -2.22. The van der Waals surface area contributed by atoms with E-state index in [9.17, 15) is 5.11 Å². The molecule has 0 aliphatic rings. The van der Waals surface area contributed by atoms with Gasteiger partial charge in [0.1, 0.15) is 18.4 Å². The predicted octanol–water partition coefficient (Wildman–Crippen LogP) is 1.56. The topological polar surface area (TPSA) is 105 Å². The molecule has 0 spiro atoms. The van der Waals surface area contributed by atoms with Crippen LogP contribution in [-0.4, -0.2) is 40.1 Å². The summed E-state index contributed by atoms with van der Waals surface area (Å²) in [5.41, 5.74) is 3.87. The van der Waals surface area contributed by atoms with Crippen LogP contribution in [0.3, 0.4) is 0 Å². The fourth-order valence-electron chi connectivity index (χ4n) is 2.02. The number of benzene rings is 1. The third-order valence-electron chi connectivity index (χ3n) is 3.25. The summed E-state index contributed by atoms with van der Waals surface area (Å²) in [5, 5.41) is 21.5. The van der Waals surface area contributed by atoms with E-state index in [-0.39, 0.29) is 12.1 Å². The van der Waals surface area contributed by atoms with Crippen molar-refractivity contribution in [2.24, 2.45) is 5.84 Å². The van der Waals surface area contributed by atoms with Crippen molar-refractivity contribution in [3.8, 4) is 17.0 Å². The molecule has 24 heavy (non-hydrogen) atoms. The largest absolute Gasteiger partial charge is 0.488 e. The lowest BCUT2D eigenvalue weighted by Crippen LogP contribution is -2.42. The molecular weight excluding hydrogens is 306 g/mol. The third-order valence-corrected chi connectivity index (χ3v) is 3.25. The summed E-state index contributed by atoms with van der Waals surface area (Å²) in [5.74, 6) is 6.30. The van der Waals surface area contributed by atoms with Crippen LogP contribution in [0.1, 0.15) is 20.8 Å². The molecule has 0 bridgehead atoms. The maximum absolute atomic E-state index is 10.1. The molecule has 5 N–H and O–H groups in total. The minimum Gasteiger partial charge on any atom is -0.488 e. The number of ether oxygens (including phenoxy) is 1. The molecule has 0 fully saturated rings. The van der Waals surface area contributed by atoms with E-state index in [1.165, 1.54) is 0 Å². The minimum atomic E-state index is -0.643. The number of aliphatic hydroxyl groups is 1. The van der Waals surface area contributed by atoms with Gasteiger partial charge in [0.05, 0.1) is 0 Å². The first-order chi connectivity index (χ1) is 11.4. The van der Waals surface area contributed by atoms with Crippen LogP contribution in [0, 0.1) is 0 Å². The van der Waals surface area contributed by atoms with Crippen molar-refractivity contribution >= 4 is 5.82 Å². The number of anilines is 1. The summed E-state index contributed by atoms with van der Waals surface area (Å²) in [6, 6.07) is 11.3. The molecule has 2 aromatic rings. The lowest BCUT2D eigenvalue weighted by atomic mass is 10.1. The molecule has 1 aromatic heterocycles. The molecule has 0 saturated carbocycles. The Morgan fingerprint density at radius 1 is 1.21 bits per heavy atom. The van der Waals surface area contributed by atoms with Crippen LogP contribution < -0.4 is 21.3 Å². The number of hydrogen-bond acceptors (Lipinski definition) is 7. The van der Waals surface area contributed by atoms with Gasteiger partial charge in [-0.2, -0.15) is 0 Å². The van der Waals surface area contributed by atoms with Gasteiger partial charge in [-0.05, 0) is 20.8 Å². The molecule has 2 rings (SSSR count). The van der Waals surface area contributed by atoms with Gasteiger partial charge in [0, 0.05) is 23.7 Å². The van der Waals surface area contributed by atoms with Crippen molar-refractivity contribution in [2.75, 3.05) is 18.6 Å². The lowest BCUT2D eigenvalue weighted by molar-refractivity contribution is 0.100. The number of β-amino-alcohol motifs (C(OH)–C–C–N with tert-alkyl or cyclic N) is 1. The van der Waals surface area contributed by atoms with E-state index in [2.05, 4.69) is 20.9 Å². The summed E-state index contributed by atoms with van der Waals surface area (Å²) < 4.78 is 5.77. The summed E-state index contributed by atoms with van der Waals surface area (Å²) >= 11 is 0. The van der Waals surface area contributed by atoms with E-state index >= 15 is 0 Å². The number of nitrogen functional groups attached to an aromatic ring is 1. The SMILES string of the molecule is CC(C)(C)NCC(O)COc1cc(NN)nnc1-c1ccccc1.